The first-order chi connectivity index (χ1) is 9.08. The fraction of sp³-hybridized carbons (Fsp3) is 0.154. The lowest BCUT2D eigenvalue weighted by Gasteiger charge is -2.01. The van der Waals surface area contributed by atoms with Crippen LogP contribution in [0.5, 0.6) is 0 Å². The summed E-state index contributed by atoms with van der Waals surface area (Å²) in [6.07, 6.45) is 0.588. The summed E-state index contributed by atoms with van der Waals surface area (Å²) in [6.45, 7) is 1.57. The minimum atomic E-state index is -0.333. The maximum absolute atomic E-state index is 13.2. The number of hydrogen-bond acceptors (Lipinski definition) is 4. The van der Waals surface area contributed by atoms with Crippen LogP contribution in [0.1, 0.15) is 15.9 Å². The third-order valence-corrected chi connectivity index (χ3v) is 2.80. The highest BCUT2D eigenvalue weighted by Crippen LogP contribution is 2.27. The number of anilines is 1. The predicted molar refractivity (Wildman–Crippen MR) is 67.8 cm³/mol. The molecule has 0 bridgehead atoms. The second-order valence-corrected chi connectivity index (χ2v) is 4.05. The van der Waals surface area contributed by atoms with E-state index in [1.165, 1.54) is 16.8 Å². The Morgan fingerprint density at radius 2 is 2.32 bits per heavy atom. The molecule has 1 aromatic carbocycles. The molecule has 0 fully saturated rings. The van der Waals surface area contributed by atoms with Gasteiger partial charge in [0, 0.05) is 5.56 Å². The van der Waals surface area contributed by atoms with Crippen molar-refractivity contribution in [1.29, 1.82) is 5.26 Å². The molecule has 96 valence electrons. The van der Waals surface area contributed by atoms with Crippen molar-refractivity contribution in [3.05, 3.63) is 35.1 Å². The van der Waals surface area contributed by atoms with Crippen molar-refractivity contribution in [2.24, 2.45) is 0 Å². The molecule has 1 aromatic heterocycles. The molecule has 0 saturated heterocycles. The molecule has 0 aliphatic rings. The number of nitrogens with two attached hydrogens (primary N) is 1. The zero-order chi connectivity index (χ0) is 14.0. The number of halogens is 1. The molecule has 0 aliphatic heterocycles. The van der Waals surface area contributed by atoms with Crippen LogP contribution < -0.4 is 5.73 Å². The van der Waals surface area contributed by atoms with E-state index in [4.69, 9.17) is 11.0 Å². The summed E-state index contributed by atoms with van der Waals surface area (Å²) in [4.78, 5) is 11.1. The highest BCUT2D eigenvalue weighted by Gasteiger charge is 2.17. The van der Waals surface area contributed by atoms with Crippen molar-refractivity contribution in [2.45, 2.75) is 13.5 Å². The van der Waals surface area contributed by atoms with Gasteiger partial charge in [0.05, 0.1) is 11.6 Å². The first kappa shape index (κ1) is 12.8. The Balaban J connectivity index is 2.61. The van der Waals surface area contributed by atoms with E-state index in [2.05, 4.69) is 5.10 Å². The number of carbonyl (C=O) groups excluding carboxylic acids is 1. The molecule has 0 amide bonds. The Labute approximate surface area is 109 Å². The van der Waals surface area contributed by atoms with Gasteiger partial charge in [-0.3, -0.25) is 4.79 Å². The number of aldehydes is 1. The summed E-state index contributed by atoms with van der Waals surface area (Å²) in [5.41, 5.74) is 7.35. The van der Waals surface area contributed by atoms with Crippen LogP contribution in [-0.4, -0.2) is 16.1 Å². The molecular weight excluding hydrogens is 247 g/mol. The molecule has 0 atom stereocenters. The monoisotopic (exact) mass is 258 g/mol. The molecule has 0 spiro atoms. The van der Waals surface area contributed by atoms with E-state index < -0.39 is 0 Å². The maximum atomic E-state index is 13.2. The number of rotatable bonds is 3. The number of benzene rings is 1. The Morgan fingerprint density at radius 3 is 2.89 bits per heavy atom. The van der Waals surface area contributed by atoms with Gasteiger partial charge in [0.1, 0.15) is 23.9 Å². The number of carbonyl (C=O) groups is 1. The summed E-state index contributed by atoms with van der Waals surface area (Å²) in [5.74, 6) is -0.200. The topological polar surface area (TPSA) is 84.7 Å². The smallest absolute Gasteiger partial charge is 0.156 e. The van der Waals surface area contributed by atoms with Crippen molar-refractivity contribution in [2.75, 3.05) is 5.73 Å². The number of hydrogen-bond donors (Lipinski definition) is 1. The number of aromatic nitrogens is 2. The lowest BCUT2D eigenvalue weighted by Crippen LogP contribution is -2.03. The molecule has 0 unspecified atom stereocenters. The van der Waals surface area contributed by atoms with E-state index >= 15 is 0 Å². The van der Waals surface area contributed by atoms with Gasteiger partial charge in [0.25, 0.3) is 0 Å². The fourth-order valence-corrected chi connectivity index (χ4v) is 1.80. The highest BCUT2D eigenvalue weighted by molar-refractivity contribution is 5.91. The van der Waals surface area contributed by atoms with E-state index in [0.29, 0.717) is 23.1 Å². The molecule has 2 rings (SSSR count). The molecular formula is C13H11FN4O. The van der Waals surface area contributed by atoms with E-state index in [1.54, 1.807) is 13.0 Å². The van der Waals surface area contributed by atoms with Crippen molar-refractivity contribution in [3.8, 4) is 17.3 Å². The average Bonchev–Trinajstić information content (AvgIpc) is 2.70. The van der Waals surface area contributed by atoms with E-state index in [9.17, 15) is 9.18 Å². The van der Waals surface area contributed by atoms with E-state index in [-0.39, 0.29) is 23.7 Å². The summed E-state index contributed by atoms with van der Waals surface area (Å²) in [7, 11) is 0. The highest BCUT2D eigenvalue weighted by atomic mass is 19.1. The Morgan fingerprint density at radius 1 is 1.58 bits per heavy atom. The average molecular weight is 258 g/mol. The van der Waals surface area contributed by atoms with Crippen molar-refractivity contribution in [3.63, 3.8) is 0 Å². The van der Waals surface area contributed by atoms with Crippen LogP contribution in [0.4, 0.5) is 10.2 Å². The third-order valence-electron chi connectivity index (χ3n) is 2.80. The second kappa shape index (κ2) is 4.90. The lowest BCUT2D eigenvalue weighted by atomic mass is 10.1. The predicted octanol–water partition coefficient (Wildman–Crippen LogP) is 1.92. The first-order valence-corrected chi connectivity index (χ1v) is 5.53. The number of nitrogens with zero attached hydrogens (tertiary/aromatic N) is 3. The molecule has 0 aliphatic carbocycles. The molecule has 2 N–H and O–H groups in total. The van der Waals surface area contributed by atoms with Crippen LogP contribution >= 0.6 is 0 Å². The van der Waals surface area contributed by atoms with Gasteiger partial charge < -0.3 is 5.73 Å². The van der Waals surface area contributed by atoms with Crippen LogP contribution in [-0.2, 0) is 6.54 Å². The summed E-state index contributed by atoms with van der Waals surface area (Å²) >= 11 is 0. The Kier molecular flexibility index (Phi) is 3.29. The van der Waals surface area contributed by atoms with Crippen molar-refractivity contribution in [1.82, 2.24) is 9.78 Å². The lowest BCUT2D eigenvalue weighted by molar-refractivity contribution is 0.112. The van der Waals surface area contributed by atoms with Gasteiger partial charge in [0.15, 0.2) is 6.29 Å². The zero-order valence-corrected chi connectivity index (χ0v) is 10.2. The summed E-state index contributed by atoms with van der Waals surface area (Å²) in [5, 5.41) is 12.8. The number of nitrogen functional groups attached to an aromatic ring is 1. The van der Waals surface area contributed by atoms with Gasteiger partial charge in [-0.05, 0) is 30.7 Å². The van der Waals surface area contributed by atoms with Crippen molar-refractivity contribution < 1.29 is 9.18 Å². The third kappa shape index (κ3) is 2.18. The molecule has 0 radical (unpaired) electrons. The minimum absolute atomic E-state index is 0.0488. The van der Waals surface area contributed by atoms with Gasteiger partial charge in [-0.15, -0.1) is 0 Å². The molecule has 0 saturated carbocycles. The molecule has 1 heterocycles. The Bertz CT molecular complexity index is 685. The van der Waals surface area contributed by atoms with Crippen LogP contribution in [0.15, 0.2) is 18.2 Å². The van der Waals surface area contributed by atoms with Crippen LogP contribution in [0, 0.1) is 24.1 Å². The summed E-state index contributed by atoms with van der Waals surface area (Å²) < 4.78 is 14.5. The number of aryl methyl sites for hydroxylation is 1. The van der Waals surface area contributed by atoms with E-state index in [0.717, 1.165) is 0 Å². The second-order valence-electron chi connectivity index (χ2n) is 4.05. The number of nitriles is 1. The van der Waals surface area contributed by atoms with Gasteiger partial charge in [0.2, 0.25) is 0 Å². The van der Waals surface area contributed by atoms with Gasteiger partial charge in [-0.25, -0.2) is 9.07 Å². The minimum Gasteiger partial charge on any atom is -0.383 e. The first-order valence-electron chi connectivity index (χ1n) is 5.53. The van der Waals surface area contributed by atoms with Gasteiger partial charge >= 0.3 is 0 Å². The molecule has 2 aromatic rings. The standard InChI is InChI=1S/C13H11FN4O/c1-8-6-9(2-3-11(8)14)12-10(7-19)13(16)18(17-12)5-4-15/h2-3,6-7H,5,16H2,1H3. The van der Waals surface area contributed by atoms with Gasteiger partial charge in [-0.1, -0.05) is 0 Å². The van der Waals surface area contributed by atoms with Crippen LogP contribution in [0.3, 0.4) is 0 Å². The fourth-order valence-electron chi connectivity index (χ4n) is 1.80. The summed E-state index contributed by atoms with van der Waals surface area (Å²) in [6, 6.07) is 6.32. The van der Waals surface area contributed by atoms with E-state index in [1.807, 2.05) is 6.07 Å². The quantitative estimate of drug-likeness (QED) is 0.852. The zero-order valence-electron chi connectivity index (χ0n) is 10.2. The normalized spacial score (nSPS) is 10.2. The molecule has 6 heteroatoms. The SMILES string of the molecule is Cc1cc(-c2nn(CC#N)c(N)c2C=O)ccc1F. The maximum Gasteiger partial charge on any atom is 0.156 e. The van der Waals surface area contributed by atoms with Crippen LogP contribution in [0.2, 0.25) is 0 Å². The molecule has 19 heavy (non-hydrogen) atoms. The van der Waals surface area contributed by atoms with Gasteiger partial charge in [-0.2, -0.15) is 10.4 Å². The van der Waals surface area contributed by atoms with Crippen molar-refractivity contribution >= 4 is 12.1 Å². The largest absolute Gasteiger partial charge is 0.383 e. The Hall–Kier alpha value is -2.68. The molecule has 5 nitrogen and oxygen atoms in total. The van der Waals surface area contributed by atoms with Crippen LogP contribution in [0.25, 0.3) is 11.3 Å².